The largest absolute Gasteiger partial charge is 0.398 e. The van der Waals surface area contributed by atoms with E-state index in [0.717, 1.165) is 36.3 Å². The van der Waals surface area contributed by atoms with E-state index >= 15 is 0 Å². The molecule has 3 nitrogen and oxygen atoms in total. The second-order valence-electron chi connectivity index (χ2n) is 5.48. The van der Waals surface area contributed by atoms with Gasteiger partial charge in [0.25, 0.3) is 0 Å². The molecule has 3 heteroatoms. The molecule has 2 aromatic rings. The summed E-state index contributed by atoms with van der Waals surface area (Å²) in [6.45, 7) is 4.09. The highest BCUT2D eigenvalue weighted by Gasteiger charge is 2.20. The molecule has 3 N–H and O–H groups in total. The molecule has 0 amide bonds. The second-order valence-corrected chi connectivity index (χ2v) is 5.48. The number of nitrogen functional groups attached to an aromatic ring is 1. The molecule has 0 unspecified atom stereocenters. The zero-order valence-corrected chi connectivity index (χ0v) is 11.8. The third-order valence-electron chi connectivity index (χ3n) is 4.04. The molecule has 1 aliphatic heterocycles. The van der Waals surface area contributed by atoms with Crippen molar-refractivity contribution < 1.29 is 5.11 Å². The smallest absolute Gasteiger partial charge is 0.0681 e. The van der Waals surface area contributed by atoms with E-state index in [4.69, 9.17) is 10.8 Å². The lowest BCUT2D eigenvalue weighted by Crippen LogP contribution is -2.19. The van der Waals surface area contributed by atoms with E-state index in [0.29, 0.717) is 0 Å². The molecule has 1 heterocycles. The molecule has 0 spiro atoms. The maximum atomic E-state index is 9.08. The van der Waals surface area contributed by atoms with Crippen molar-refractivity contribution in [3.8, 4) is 0 Å². The molecule has 0 saturated heterocycles. The van der Waals surface area contributed by atoms with E-state index in [9.17, 15) is 0 Å². The minimum Gasteiger partial charge on any atom is -0.398 e. The first-order valence-electron chi connectivity index (χ1n) is 7.00. The van der Waals surface area contributed by atoms with Gasteiger partial charge in [0.2, 0.25) is 0 Å². The zero-order chi connectivity index (χ0) is 14.1. The first kappa shape index (κ1) is 13.0. The van der Waals surface area contributed by atoms with Gasteiger partial charge in [-0.3, -0.25) is 0 Å². The minimum absolute atomic E-state index is 0.0998. The average molecular weight is 268 g/mol. The normalized spacial score (nSPS) is 13.6. The Morgan fingerprint density at radius 1 is 1.15 bits per heavy atom. The second kappa shape index (κ2) is 5.17. The van der Waals surface area contributed by atoms with Crippen molar-refractivity contribution in [2.24, 2.45) is 0 Å². The summed E-state index contributed by atoms with van der Waals surface area (Å²) in [5.41, 5.74) is 12.9. The van der Waals surface area contributed by atoms with E-state index < -0.39 is 0 Å². The minimum atomic E-state index is 0.0998. The molecule has 0 atom stereocenters. The third kappa shape index (κ3) is 2.37. The predicted molar refractivity (Wildman–Crippen MR) is 82.7 cm³/mol. The number of hydrogen-bond acceptors (Lipinski definition) is 3. The third-order valence-corrected chi connectivity index (χ3v) is 4.04. The van der Waals surface area contributed by atoms with E-state index in [1.807, 2.05) is 12.1 Å². The summed E-state index contributed by atoms with van der Waals surface area (Å²) in [5.74, 6) is 0. The SMILES string of the molecule is Cc1cc2c(cc1N)N(Cc1ccc(CO)cc1)CC2. The number of aliphatic hydroxyl groups excluding tert-OH is 1. The van der Waals surface area contributed by atoms with Crippen LogP contribution < -0.4 is 10.6 Å². The number of rotatable bonds is 3. The van der Waals surface area contributed by atoms with Crippen LogP contribution in [-0.2, 0) is 19.6 Å². The number of nitrogens with zero attached hydrogens (tertiary/aromatic N) is 1. The fourth-order valence-corrected chi connectivity index (χ4v) is 2.78. The van der Waals surface area contributed by atoms with E-state index in [1.54, 1.807) is 0 Å². The van der Waals surface area contributed by atoms with Crippen LogP contribution in [0.3, 0.4) is 0 Å². The summed E-state index contributed by atoms with van der Waals surface area (Å²) < 4.78 is 0. The molecule has 0 saturated carbocycles. The molecule has 0 aliphatic carbocycles. The van der Waals surface area contributed by atoms with Crippen molar-refractivity contribution in [3.63, 3.8) is 0 Å². The molecular weight excluding hydrogens is 248 g/mol. The summed E-state index contributed by atoms with van der Waals surface area (Å²) in [4.78, 5) is 2.37. The molecule has 0 aromatic heterocycles. The Morgan fingerprint density at radius 3 is 2.55 bits per heavy atom. The van der Waals surface area contributed by atoms with Crippen LogP contribution in [-0.4, -0.2) is 11.7 Å². The molecular formula is C17H20N2O. The fraction of sp³-hybridized carbons (Fsp3) is 0.294. The first-order chi connectivity index (χ1) is 9.67. The van der Waals surface area contributed by atoms with Gasteiger partial charge in [-0.25, -0.2) is 0 Å². The summed E-state index contributed by atoms with van der Waals surface area (Å²) in [6.07, 6.45) is 1.09. The number of aliphatic hydroxyl groups is 1. The number of hydrogen-bond donors (Lipinski definition) is 2. The first-order valence-corrected chi connectivity index (χ1v) is 7.00. The van der Waals surface area contributed by atoms with Crippen LogP contribution in [0.25, 0.3) is 0 Å². The van der Waals surface area contributed by atoms with Crippen molar-refractivity contribution in [1.29, 1.82) is 0 Å². The Morgan fingerprint density at radius 2 is 1.85 bits per heavy atom. The highest BCUT2D eigenvalue weighted by molar-refractivity contribution is 5.67. The van der Waals surface area contributed by atoms with Gasteiger partial charge in [0.05, 0.1) is 6.61 Å². The highest BCUT2D eigenvalue weighted by atomic mass is 16.3. The van der Waals surface area contributed by atoms with Crippen LogP contribution in [0.15, 0.2) is 36.4 Å². The van der Waals surface area contributed by atoms with Gasteiger partial charge >= 0.3 is 0 Å². The Labute approximate surface area is 119 Å². The van der Waals surface area contributed by atoms with Gasteiger partial charge in [-0.2, -0.15) is 0 Å². The maximum Gasteiger partial charge on any atom is 0.0681 e. The molecule has 20 heavy (non-hydrogen) atoms. The van der Waals surface area contributed by atoms with E-state index in [2.05, 4.69) is 36.1 Å². The van der Waals surface area contributed by atoms with Gasteiger partial charge in [0.15, 0.2) is 0 Å². The lowest BCUT2D eigenvalue weighted by Gasteiger charge is -2.20. The van der Waals surface area contributed by atoms with Crippen LogP contribution in [0.4, 0.5) is 11.4 Å². The number of anilines is 2. The Balaban J connectivity index is 1.82. The zero-order valence-electron chi connectivity index (χ0n) is 11.8. The number of benzene rings is 2. The van der Waals surface area contributed by atoms with Crippen LogP contribution in [0.2, 0.25) is 0 Å². The summed E-state index contributed by atoms with van der Waals surface area (Å²) in [5, 5.41) is 9.08. The van der Waals surface area contributed by atoms with Gasteiger partial charge < -0.3 is 15.7 Å². The monoisotopic (exact) mass is 268 g/mol. The number of nitrogens with two attached hydrogens (primary N) is 1. The van der Waals surface area contributed by atoms with Gasteiger partial charge in [-0.1, -0.05) is 30.3 Å². The van der Waals surface area contributed by atoms with Crippen molar-refractivity contribution in [1.82, 2.24) is 0 Å². The fourth-order valence-electron chi connectivity index (χ4n) is 2.78. The van der Waals surface area contributed by atoms with Gasteiger partial charge in [0.1, 0.15) is 0 Å². The molecule has 104 valence electrons. The van der Waals surface area contributed by atoms with E-state index in [-0.39, 0.29) is 6.61 Å². The van der Waals surface area contributed by atoms with Crippen LogP contribution >= 0.6 is 0 Å². The Hall–Kier alpha value is -2.00. The standard InChI is InChI=1S/C17H20N2O/c1-12-8-15-6-7-19(17(15)9-16(12)18)10-13-2-4-14(11-20)5-3-13/h2-5,8-9,20H,6-7,10-11,18H2,1H3. The van der Waals surface area contributed by atoms with Crippen LogP contribution in [0.1, 0.15) is 22.3 Å². The average Bonchev–Trinajstić information content (AvgIpc) is 2.83. The highest BCUT2D eigenvalue weighted by Crippen LogP contribution is 2.33. The van der Waals surface area contributed by atoms with E-state index in [1.165, 1.54) is 16.8 Å². The van der Waals surface area contributed by atoms with Crippen molar-refractivity contribution >= 4 is 11.4 Å². The van der Waals surface area contributed by atoms with Crippen molar-refractivity contribution in [3.05, 3.63) is 58.7 Å². The molecule has 1 aliphatic rings. The quantitative estimate of drug-likeness (QED) is 0.841. The summed E-state index contributed by atoms with van der Waals surface area (Å²) in [6, 6.07) is 12.4. The number of aryl methyl sites for hydroxylation is 1. The van der Waals surface area contributed by atoms with Gasteiger partial charge in [0, 0.05) is 24.5 Å². The van der Waals surface area contributed by atoms with Gasteiger partial charge in [-0.05, 0) is 41.7 Å². The number of fused-ring (bicyclic) bond motifs is 1. The van der Waals surface area contributed by atoms with Crippen LogP contribution in [0.5, 0.6) is 0 Å². The molecule has 0 radical (unpaired) electrons. The molecule has 0 fully saturated rings. The molecule has 3 rings (SSSR count). The van der Waals surface area contributed by atoms with Crippen molar-refractivity contribution in [2.75, 3.05) is 17.2 Å². The lowest BCUT2D eigenvalue weighted by atomic mass is 10.1. The van der Waals surface area contributed by atoms with Gasteiger partial charge in [-0.15, -0.1) is 0 Å². The predicted octanol–water partition coefficient (Wildman–Crippen LogP) is 2.63. The topological polar surface area (TPSA) is 49.5 Å². The summed E-state index contributed by atoms with van der Waals surface area (Å²) in [7, 11) is 0. The summed E-state index contributed by atoms with van der Waals surface area (Å²) >= 11 is 0. The van der Waals surface area contributed by atoms with Crippen molar-refractivity contribution in [2.45, 2.75) is 26.5 Å². The Bertz CT molecular complexity index is 620. The Kier molecular flexibility index (Phi) is 3.36. The molecule has 2 aromatic carbocycles. The van der Waals surface area contributed by atoms with Crippen LogP contribution in [0, 0.1) is 6.92 Å². The molecule has 0 bridgehead atoms. The lowest BCUT2D eigenvalue weighted by molar-refractivity contribution is 0.282. The maximum absolute atomic E-state index is 9.08.